The van der Waals surface area contributed by atoms with Crippen LogP contribution in [-0.4, -0.2) is 30.6 Å². The Morgan fingerprint density at radius 1 is 1.13 bits per heavy atom. The van der Waals surface area contributed by atoms with Crippen molar-refractivity contribution in [2.24, 2.45) is 0 Å². The molecule has 30 heavy (non-hydrogen) atoms. The lowest BCUT2D eigenvalue weighted by molar-refractivity contribution is -0.124. The Hall–Kier alpha value is -2.94. The molecular formula is C22H25N3O4S. The van der Waals surface area contributed by atoms with Crippen LogP contribution in [0.4, 0.5) is 0 Å². The van der Waals surface area contributed by atoms with Crippen LogP contribution >= 0.6 is 0 Å². The molecule has 1 amide bonds. The largest absolute Gasteiger partial charge is 0.345 e. The molecule has 0 bridgehead atoms. The van der Waals surface area contributed by atoms with Crippen molar-refractivity contribution in [3.8, 4) is 0 Å². The van der Waals surface area contributed by atoms with Crippen LogP contribution in [0.2, 0.25) is 0 Å². The summed E-state index contributed by atoms with van der Waals surface area (Å²) < 4.78 is 30.2. The van der Waals surface area contributed by atoms with Gasteiger partial charge in [0.25, 0.3) is 5.91 Å². The van der Waals surface area contributed by atoms with Crippen LogP contribution in [-0.2, 0) is 27.8 Å². The average Bonchev–Trinajstić information content (AvgIpc) is 3.03. The van der Waals surface area contributed by atoms with Crippen LogP contribution in [0.1, 0.15) is 23.7 Å². The number of para-hydroxylation sites is 1. The molecule has 3 aromatic rings. The standard InChI is InChI=1S/C22H25N3O4S/c1-3-25-16(2)19(20-6-4-5-7-21(20)25)14-15-23-30(28,29)18-11-8-17(9-12-18)10-13-22(26)24-27/h4-13,23,27H,3,14-15H2,1-2H3,(H,24,26)/b13-10+. The van der Waals surface area contributed by atoms with Crippen molar-refractivity contribution in [1.29, 1.82) is 0 Å². The molecule has 0 fully saturated rings. The fourth-order valence-corrected chi connectivity index (χ4v) is 4.62. The van der Waals surface area contributed by atoms with E-state index < -0.39 is 15.9 Å². The number of fused-ring (bicyclic) bond motifs is 1. The highest BCUT2D eigenvalue weighted by atomic mass is 32.2. The molecule has 0 atom stereocenters. The first kappa shape index (κ1) is 21.8. The summed E-state index contributed by atoms with van der Waals surface area (Å²) in [5.74, 6) is -0.659. The second-order valence-corrected chi connectivity index (χ2v) is 8.62. The first-order valence-corrected chi connectivity index (χ1v) is 11.1. The minimum Gasteiger partial charge on any atom is -0.345 e. The third kappa shape index (κ3) is 4.62. The lowest BCUT2D eigenvalue weighted by Gasteiger charge is -2.08. The summed E-state index contributed by atoms with van der Waals surface area (Å²) in [5, 5.41) is 9.63. The minimum absolute atomic E-state index is 0.152. The van der Waals surface area contributed by atoms with Crippen LogP contribution in [0.3, 0.4) is 0 Å². The molecule has 0 radical (unpaired) electrons. The zero-order chi connectivity index (χ0) is 21.7. The second kappa shape index (κ2) is 9.25. The highest BCUT2D eigenvalue weighted by Crippen LogP contribution is 2.26. The summed E-state index contributed by atoms with van der Waals surface area (Å²) >= 11 is 0. The summed E-state index contributed by atoms with van der Waals surface area (Å²) in [4.78, 5) is 11.2. The van der Waals surface area contributed by atoms with Crippen LogP contribution in [0.5, 0.6) is 0 Å². The molecule has 158 valence electrons. The molecule has 0 aliphatic rings. The Kier molecular flexibility index (Phi) is 6.71. The van der Waals surface area contributed by atoms with Crippen molar-refractivity contribution in [3.63, 3.8) is 0 Å². The smallest absolute Gasteiger partial charge is 0.267 e. The number of amides is 1. The van der Waals surface area contributed by atoms with Gasteiger partial charge in [-0.05, 0) is 55.7 Å². The van der Waals surface area contributed by atoms with E-state index in [0.717, 1.165) is 34.8 Å². The first-order valence-electron chi connectivity index (χ1n) is 9.66. The van der Waals surface area contributed by atoms with Gasteiger partial charge in [-0.1, -0.05) is 30.3 Å². The normalized spacial score (nSPS) is 12.0. The van der Waals surface area contributed by atoms with E-state index in [4.69, 9.17) is 5.21 Å². The van der Waals surface area contributed by atoms with E-state index >= 15 is 0 Å². The van der Waals surface area contributed by atoms with E-state index in [1.807, 2.05) is 12.1 Å². The number of hydrogen-bond acceptors (Lipinski definition) is 4. The maximum Gasteiger partial charge on any atom is 0.267 e. The number of carbonyl (C=O) groups excluding carboxylic acids is 1. The van der Waals surface area contributed by atoms with Crippen molar-refractivity contribution in [3.05, 3.63) is 71.4 Å². The number of hydroxylamine groups is 1. The summed E-state index contributed by atoms with van der Waals surface area (Å²) in [6.07, 6.45) is 3.22. The van der Waals surface area contributed by atoms with Gasteiger partial charge in [0.1, 0.15) is 0 Å². The molecule has 7 nitrogen and oxygen atoms in total. The third-order valence-electron chi connectivity index (χ3n) is 5.07. The third-order valence-corrected chi connectivity index (χ3v) is 6.55. The molecule has 8 heteroatoms. The van der Waals surface area contributed by atoms with Crippen molar-refractivity contribution < 1.29 is 18.4 Å². The van der Waals surface area contributed by atoms with Gasteiger partial charge in [0.15, 0.2) is 0 Å². The zero-order valence-corrected chi connectivity index (χ0v) is 17.7. The molecule has 3 rings (SSSR count). The fraction of sp³-hybridized carbons (Fsp3) is 0.227. The van der Waals surface area contributed by atoms with Crippen molar-refractivity contribution in [2.75, 3.05) is 6.54 Å². The molecule has 0 unspecified atom stereocenters. The summed E-state index contributed by atoms with van der Waals surface area (Å²) in [6.45, 7) is 5.32. The number of carbonyl (C=O) groups is 1. The van der Waals surface area contributed by atoms with Crippen LogP contribution < -0.4 is 10.2 Å². The Morgan fingerprint density at radius 2 is 1.83 bits per heavy atom. The van der Waals surface area contributed by atoms with Gasteiger partial charge >= 0.3 is 0 Å². The topological polar surface area (TPSA) is 100 Å². The van der Waals surface area contributed by atoms with Crippen molar-refractivity contribution in [1.82, 2.24) is 14.8 Å². The maximum absolute atomic E-state index is 12.6. The van der Waals surface area contributed by atoms with E-state index in [-0.39, 0.29) is 4.90 Å². The van der Waals surface area contributed by atoms with Gasteiger partial charge < -0.3 is 4.57 Å². The number of sulfonamides is 1. The van der Waals surface area contributed by atoms with E-state index in [9.17, 15) is 13.2 Å². The highest BCUT2D eigenvalue weighted by Gasteiger charge is 2.16. The Labute approximate surface area is 176 Å². The number of aromatic nitrogens is 1. The van der Waals surface area contributed by atoms with Crippen LogP contribution in [0.15, 0.2) is 59.5 Å². The number of nitrogens with zero attached hydrogens (tertiary/aromatic N) is 1. The van der Waals surface area contributed by atoms with Crippen LogP contribution in [0.25, 0.3) is 17.0 Å². The van der Waals surface area contributed by atoms with E-state index in [1.54, 1.807) is 12.1 Å². The number of benzene rings is 2. The van der Waals surface area contributed by atoms with Gasteiger partial charge in [0.05, 0.1) is 4.90 Å². The Balaban J connectivity index is 1.70. The zero-order valence-electron chi connectivity index (χ0n) is 16.9. The molecular weight excluding hydrogens is 402 g/mol. The summed E-state index contributed by atoms with van der Waals surface area (Å²) in [5.41, 5.74) is 5.60. The number of aryl methyl sites for hydroxylation is 1. The van der Waals surface area contributed by atoms with E-state index in [2.05, 4.69) is 35.3 Å². The highest BCUT2D eigenvalue weighted by molar-refractivity contribution is 7.89. The van der Waals surface area contributed by atoms with Gasteiger partial charge in [-0.15, -0.1) is 0 Å². The Bertz CT molecular complexity index is 1180. The second-order valence-electron chi connectivity index (χ2n) is 6.85. The van der Waals surface area contributed by atoms with Crippen LogP contribution in [0, 0.1) is 6.92 Å². The molecule has 2 aromatic carbocycles. The molecule has 3 N–H and O–H groups in total. The molecule has 1 aromatic heterocycles. The molecule has 0 aliphatic carbocycles. The van der Waals surface area contributed by atoms with Gasteiger partial charge in [0, 0.05) is 35.8 Å². The SMILES string of the molecule is CCn1c(C)c(CCNS(=O)(=O)c2ccc(/C=C/C(=O)NO)cc2)c2ccccc21. The quantitative estimate of drug-likeness (QED) is 0.292. The fourth-order valence-electron chi connectivity index (χ4n) is 3.59. The summed E-state index contributed by atoms with van der Waals surface area (Å²) in [7, 11) is -3.65. The molecule has 0 aliphatic heterocycles. The molecule has 0 saturated heterocycles. The predicted octanol–water partition coefficient (Wildman–Crippen LogP) is 3.01. The number of rotatable bonds is 8. The first-order chi connectivity index (χ1) is 14.4. The molecule has 1 heterocycles. The van der Waals surface area contributed by atoms with Gasteiger partial charge in [0.2, 0.25) is 10.0 Å². The monoisotopic (exact) mass is 427 g/mol. The molecule has 0 spiro atoms. The number of hydrogen-bond donors (Lipinski definition) is 3. The minimum atomic E-state index is -3.65. The van der Waals surface area contributed by atoms with Crippen molar-refractivity contribution in [2.45, 2.75) is 31.7 Å². The van der Waals surface area contributed by atoms with E-state index in [0.29, 0.717) is 18.5 Å². The lowest BCUT2D eigenvalue weighted by atomic mass is 10.1. The van der Waals surface area contributed by atoms with Gasteiger partial charge in [-0.2, -0.15) is 0 Å². The summed E-state index contributed by atoms with van der Waals surface area (Å²) in [6, 6.07) is 14.3. The Morgan fingerprint density at radius 3 is 2.50 bits per heavy atom. The van der Waals surface area contributed by atoms with E-state index in [1.165, 1.54) is 23.7 Å². The lowest BCUT2D eigenvalue weighted by Crippen LogP contribution is -2.26. The van der Waals surface area contributed by atoms with Gasteiger partial charge in [-0.3, -0.25) is 10.0 Å². The maximum atomic E-state index is 12.6. The molecule has 0 saturated carbocycles. The average molecular weight is 428 g/mol. The van der Waals surface area contributed by atoms with Crippen molar-refractivity contribution >= 4 is 32.9 Å². The number of nitrogens with one attached hydrogen (secondary N) is 2. The van der Waals surface area contributed by atoms with Gasteiger partial charge in [-0.25, -0.2) is 18.6 Å². The predicted molar refractivity (Wildman–Crippen MR) is 117 cm³/mol.